The molecule has 2 aliphatic rings. The van der Waals surface area contributed by atoms with Gasteiger partial charge in [-0.3, -0.25) is 14.5 Å². The Labute approximate surface area is 145 Å². The molecule has 134 valence electrons. The Morgan fingerprint density at radius 2 is 1.76 bits per heavy atom. The monoisotopic (exact) mass is 348 g/mol. The van der Waals surface area contributed by atoms with Crippen molar-refractivity contribution in [3.63, 3.8) is 0 Å². The van der Waals surface area contributed by atoms with Gasteiger partial charge in [0.2, 0.25) is 5.91 Å². The second kappa shape index (κ2) is 7.08. The van der Waals surface area contributed by atoms with E-state index in [4.69, 9.17) is 0 Å². The number of hydrogen-bond donors (Lipinski definition) is 1. The van der Waals surface area contributed by atoms with Crippen LogP contribution < -0.4 is 10.2 Å². The van der Waals surface area contributed by atoms with Gasteiger partial charge in [-0.2, -0.15) is 0 Å². The van der Waals surface area contributed by atoms with Gasteiger partial charge in [-0.1, -0.05) is 0 Å². The van der Waals surface area contributed by atoms with Gasteiger partial charge in [-0.15, -0.1) is 0 Å². The molecule has 1 atom stereocenters. The third-order valence-corrected chi connectivity index (χ3v) is 4.71. The molecule has 2 fully saturated rings. The van der Waals surface area contributed by atoms with Crippen molar-refractivity contribution < 1.29 is 18.8 Å². The summed E-state index contributed by atoms with van der Waals surface area (Å²) in [6.45, 7) is 2.30. The predicted molar refractivity (Wildman–Crippen MR) is 89.5 cm³/mol. The Bertz CT molecular complexity index is 671. The van der Waals surface area contributed by atoms with Crippen LogP contribution in [-0.4, -0.2) is 66.9 Å². The Balaban J connectivity index is 1.52. The van der Waals surface area contributed by atoms with Crippen LogP contribution in [-0.2, 0) is 9.59 Å². The smallest absolute Gasteiger partial charge is 0.318 e. The van der Waals surface area contributed by atoms with E-state index >= 15 is 0 Å². The van der Waals surface area contributed by atoms with E-state index in [1.54, 1.807) is 17.0 Å². The van der Waals surface area contributed by atoms with Crippen molar-refractivity contribution in [2.75, 3.05) is 38.1 Å². The molecule has 2 saturated heterocycles. The molecule has 1 aromatic carbocycles. The topological polar surface area (TPSA) is 73.0 Å². The molecule has 8 heteroatoms. The molecule has 0 bridgehead atoms. The minimum absolute atomic E-state index is 0.219. The summed E-state index contributed by atoms with van der Waals surface area (Å²) in [5.41, 5.74) is 0.920. The van der Waals surface area contributed by atoms with Gasteiger partial charge >= 0.3 is 6.03 Å². The number of benzene rings is 1. The number of rotatable bonds is 2. The number of imide groups is 1. The molecule has 0 aromatic heterocycles. The van der Waals surface area contributed by atoms with Crippen molar-refractivity contribution in [3.05, 3.63) is 30.1 Å². The number of likely N-dealkylation sites (tertiary alicyclic amines) is 1. The average molecular weight is 348 g/mol. The molecule has 2 aliphatic heterocycles. The fraction of sp³-hybridized carbons (Fsp3) is 0.471. The quantitative estimate of drug-likeness (QED) is 0.803. The number of nitrogens with one attached hydrogen (secondary N) is 1. The Kier molecular flexibility index (Phi) is 4.87. The van der Waals surface area contributed by atoms with Crippen molar-refractivity contribution in [3.8, 4) is 0 Å². The zero-order valence-electron chi connectivity index (χ0n) is 14.1. The molecule has 0 radical (unpaired) electrons. The number of amides is 4. The fourth-order valence-electron chi connectivity index (χ4n) is 3.11. The first-order valence-electron chi connectivity index (χ1n) is 8.32. The van der Waals surface area contributed by atoms with Crippen LogP contribution in [0.1, 0.15) is 12.8 Å². The van der Waals surface area contributed by atoms with Crippen LogP contribution in [0.25, 0.3) is 0 Å². The number of likely N-dealkylation sites (N-methyl/N-ethyl adjacent to an activating group) is 1. The average Bonchev–Trinajstić information content (AvgIpc) is 2.63. The summed E-state index contributed by atoms with van der Waals surface area (Å²) in [6.07, 6.45) is 0.592. The summed E-state index contributed by atoms with van der Waals surface area (Å²) < 4.78 is 13.0. The number of nitrogens with zero attached hydrogens (tertiary/aromatic N) is 3. The third kappa shape index (κ3) is 3.72. The van der Waals surface area contributed by atoms with E-state index in [1.165, 1.54) is 19.2 Å². The van der Waals surface area contributed by atoms with E-state index in [1.807, 2.05) is 0 Å². The molecule has 25 heavy (non-hydrogen) atoms. The summed E-state index contributed by atoms with van der Waals surface area (Å²) in [5.74, 6) is -0.861. The van der Waals surface area contributed by atoms with Crippen LogP contribution >= 0.6 is 0 Å². The summed E-state index contributed by atoms with van der Waals surface area (Å²) in [5, 5.41) is 2.73. The molecule has 1 N–H and O–H groups in total. The molecule has 0 saturated carbocycles. The number of carbonyl (C=O) groups excluding carboxylic acids is 3. The zero-order valence-corrected chi connectivity index (χ0v) is 14.1. The maximum atomic E-state index is 13.0. The normalized spacial score (nSPS) is 21.5. The number of carbonyl (C=O) groups is 3. The fourth-order valence-corrected chi connectivity index (χ4v) is 3.11. The Morgan fingerprint density at radius 3 is 2.40 bits per heavy atom. The van der Waals surface area contributed by atoms with Gasteiger partial charge in [0.15, 0.2) is 0 Å². The van der Waals surface area contributed by atoms with Crippen LogP contribution in [0.5, 0.6) is 0 Å². The van der Waals surface area contributed by atoms with Crippen LogP contribution in [0.2, 0.25) is 0 Å². The molecule has 0 aliphatic carbocycles. The highest BCUT2D eigenvalue weighted by molar-refractivity contribution is 6.01. The van der Waals surface area contributed by atoms with Gasteiger partial charge in [0.25, 0.3) is 5.91 Å². The van der Waals surface area contributed by atoms with Gasteiger partial charge in [-0.25, -0.2) is 9.18 Å². The molecule has 7 nitrogen and oxygen atoms in total. The standard InChI is InChI=1S/C17H21FN4O3/c1-20-15(23)7-6-14(16(20)24)19-17(25)22-10-8-21(9-11-22)13-4-2-12(18)3-5-13/h2-5,14H,6-11H2,1H3,(H,19,25). The molecular weight excluding hydrogens is 327 g/mol. The van der Waals surface area contributed by atoms with Crippen LogP contribution in [0, 0.1) is 5.82 Å². The number of halogens is 1. The molecular formula is C17H21FN4O3. The molecule has 2 heterocycles. The van der Waals surface area contributed by atoms with E-state index in [-0.39, 0.29) is 30.1 Å². The first-order valence-corrected chi connectivity index (χ1v) is 8.32. The van der Waals surface area contributed by atoms with Crippen molar-refractivity contribution in [1.29, 1.82) is 0 Å². The maximum Gasteiger partial charge on any atom is 0.318 e. The van der Waals surface area contributed by atoms with Crippen LogP contribution in [0.3, 0.4) is 0 Å². The number of urea groups is 1. The van der Waals surface area contributed by atoms with Crippen molar-refractivity contribution in [2.24, 2.45) is 0 Å². The van der Waals surface area contributed by atoms with E-state index in [0.717, 1.165) is 10.6 Å². The second-order valence-electron chi connectivity index (χ2n) is 6.28. The zero-order chi connectivity index (χ0) is 18.0. The summed E-state index contributed by atoms with van der Waals surface area (Å²) in [7, 11) is 1.43. The SMILES string of the molecule is CN1C(=O)CCC(NC(=O)N2CCN(c3ccc(F)cc3)CC2)C1=O. The minimum atomic E-state index is -0.648. The Morgan fingerprint density at radius 1 is 1.12 bits per heavy atom. The van der Waals surface area contributed by atoms with Crippen LogP contribution in [0.4, 0.5) is 14.9 Å². The highest BCUT2D eigenvalue weighted by atomic mass is 19.1. The maximum absolute atomic E-state index is 13.0. The van der Waals surface area contributed by atoms with Crippen molar-refractivity contribution in [2.45, 2.75) is 18.9 Å². The number of hydrogen-bond acceptors (Lipinski definition) is 4. The number of piperazine rings is 1. The van der Waals surface area contributed by atoms with E-state index < -0.39 is 6.04 Å². The lowest BCUT2D eigenvalue weighted by molar-refractivity contribution is -0.147. The lowest BCUT2D eigenvalue weighted by Crippen LogP contribution is -2.58. The molecule has 1 unspecified atom stereocenters. The third-order valence-electron chi connectivity index (χ3n) is 4.71. The first-order chi connectivity index (χ1) is 12.0. The van der Waals surface area contributed by atoms with Gasteiger partial charge in [-0.05, 0) is 30.7 Å². The van der Waals surface area contributed by atoms with Gasteiger partial charge in [0.1, 0.15) is 11.9 Å². The molecule has 0 spiro atoms. The van der Waals surface area contributed by atoms with E-state index in [2.05, 4.69) is 10.2 Å². The number of anilines is 1. The van der Waals surface area contributed by atoms with E-state index in [9.17, 15) is 18.8 Å². The Hall–Kier alpha value is -2.64. The van der Waals surface area contributed by atoms with Crippen molar-refractivity contribution >= 4 is 23.5 Å². The van der Waals surface area contributed by atoms with Crippen LogP contribution in [0.15, 0.2) is 24.3 Å². The van der Waals surface area contributed by atoms with Gasteiger partial charge in [0, 0.05) is 45.3 Å². The number of piperidine rings is 1. The molecule has 3 rings (SSSR count). The lowest BCUT2D eigenvalue weighted by atomic mass is 10.1. The lowest BCUT2D eigenvalue weighted by Gasteiger charge is -2.37. The van der Waals surface area contributed by atoms with E-state index in [0.29, 0.717) is 32.6 Å². The molecule has 4 amide bonds. The highest BCUT2D eigenvalue weighted by Gasteiger charge is 2.34. The van der Waals surface area contributed by atoms with Gasteiger partial charge in [0.05, 0.1) is 0 Å². The largest absolute Gasteiger partial charge is 0.368 e. The second-order valence-corrected chi connectivity index (χ2v) is 6.28. The van der Waals surface area contributed by atoms with Crippen molar-refractivity contribution in [1.82, 2.24) is 15.1 Å². The summed E-state index contributed by atoms with van der Waals surface area (Å²) in [6, 6.07) is 5.34. The highest BCUT2D eigenvalue weighted by Crippen LogP contribution is 2.17. The minimum Gasteiger partial charge on any atom is -0.368 e. The van der Waals surface area contributed by atoms with Gasteiger partial charge < -0.3 is 15.1 Å². The molecule has 1 aromatic rings. The summed E-state index contributed by atoms with van der Waals surface area (Å²) >= 11 is 0. The predicted octanol–water partition coefficient (Wildman–Crippen LogP) is 0.805. The summed E-state index contributed by atoms with van der Waals surface area (Å²) in [4.78, 5) is 40.7. The first kappa shape index (κ1) is 17.2.